The second-order valence-corrected chi connectivity index (χ2v) is 7.50. The molecule has 5 heteroatoms. The van der Waals surface area contributed by atoms with Gasteiger partial charge in [0.05, 0.1) is 4.90 Å². The summed E-state index contributed by atoms with van der Waals surface area (Å²) in [4.78, 5) is 0.234. The number of nitrogens with zero attached hydrogens (tertiary/aromatic N) is 1. The van der Waals surface area contributed by atoms with Crippen LogP contribution in [0.3, 0.4) is 0 Å². The molecule has 0 N–H and O–H groups in total. The Bertz CT molecular complexity index is 611. The number of rotatable bonds is 5. The summed E-state index contributed by atoms with van der Waals surface area (Å²) < 4.78 is 41.0. The maximum Gasteiger partial charge on any atom is 0.244 e. The lowest BCUT2D eigenvalue weighted by Gasteiger charge is -2.28. The average molecular weight is 311 g/mol. The van der Waals surface area contributed by atoms with E-state index in [2.05, 4.69) is 6.58 Å². The van der Waals surface area contributed by atoms with Crippen molar-refractivity contribution in [3.05, 3.63) is 41.7 Å². The van der Waals surface area contributed by atoms with Gasteiger partial charge in [-0.05, 0) is 49.9 Å². The molecule has 0 aromatic heterocycles. The Morgan fingerprint density at radius 2 is 1.81 bits per heavy atom. The topological polar surface area (TPSA) is 37.4 Å². The molecule has 0 bridgehead atoms. The van der Waals surface area contributed by atoms with Crippen LogP contribution in [-0.2, 0) is 10.0 Å². The largest absolute Gasteiger partial charge is 0.244 e. The van der Waals surface area contributed by atoms with Crippen LogP contribution in [0.1, 0.15) is 36.8 Å². The maximum absolute atomic E-state index is 13.4. The average Bonchev–Trinajstić information content (AvgIpc) is 2.87. The van der Waals surface area contributed by atoms with E-state index in [4.69, 9.17) is 0 Å². The van der Waals surface area contributed by atoms with Crippen molar-refractivity contribution in [2.75, 3.05) is 6.54 Å². The van der Waals surface area contributed by atoms with Crippen molar-refractivity contribution in [3.8, 4) is 0 Å². The molecule has 1 fully saturated rings. The van der Waals surface area contributed by atoms with E-state index in [1.54, 1.807) is 19.9 Å². The molecule has 0 unspecified atom stereocenters. The van der Waals surface area contributed by atoms with Gasteiger partial charge in [0, 0.05) is 12.6 Å². The van der Waals surface area contributed by atoms with Crippen molar-refractivity contribution < 1.29 is 12.8 Å². The summed E-state index contributed by atoms with van der Waals surface area (Å²) in [6, 6.07) is 2.58. The van der Waals surface area contributed by atoms with Crippen molar-refractivity contribution in [1.29, 1.82) is 0 Å². The van der Waals surface area contributed by atoms with Gasteiger partial charge in [-0.1, -0.05) is 18.9 Å². The third kappa shape index (κ3) is 3.19. The Kier molecular flexibility index (Phi) is 4.84. The Morgan fingerprint density at radius 3 is 2.29 bits per heavy atom. The minimum Gasteiger partial charge on any atom is -0.207 e. The van der Waals surface area contributed by atoms with Crippen LogP contribution in [0.2, 0.25) is 0 Å². The van der Waals surface area contributed by atoms with Crippen LogP contribution in [-0.4, -0.2) is 25.3 Å². The van der Waals surface area contributed by atoms with E-state index in [0.717, 1.165) is 25.7 Å². The van der Waals surface area contributed by atoms with Crippen LogP contribution in [0.4, 0.5) is 4.39 Å². The summed E-state index contributed by atoms with van der Waals surface area (Å²) in [5, 5.41) is 0. The first-order chi connectivity index (χ1) is 9.87. The predicted molar refractivity (Wildman–Crippen MR) is 82.2 cm³/mol. The number of sulfonamides is 1. The first-order valence-electron chi connectivity index (χ1n) is 7.27. The molecule has 3 nitrogen and oxygen atoms in total. The highest BCUT2D eigenvalue weighted by Crippen LogP contribution is 2.31. The third-order valence-corrected chi connectivity index (χ3v) is 6.26. The van der Waals surface area contributed by atoms with Crippen molar-refractivity contribution in [2.45, 2.75) is 50.5 Å². The molecule has 0 saturated heterocycles. The Hall–Kier alpha value is -1.20. The zero-order valence-corrected chi connectivity index (χ0v) is 13.4. The van der Waals surface area contributed by atoms with Gasteiger partial charge in [0.1, 0.15) is 5.82 Å². The molecule has 0 heterocycles. The molecule has 1 saturated carbocycles. The molecular formula is C16H22FNO2S. The van der Waals surface area contributed by atoms with Crippen LogP contribution in [0.5, 0.6) is 0 Å². The van der Waals surface area contributed by atoms with Gasteiger partial charge in [-0.25, -0.2) is 12.8 Å². The highest BCUT2D eigenvalue weighted by molar-refractivity contribution is 7.89. The summed E-state index contributed by atoms with van der Waals surface area (Å²) in [7, 11) is -3.63. The fourth-order valence-electron chi connectivity index (χ4n) is 3.18. The van der Waals surface area contributed by atoms with Crippen LogP contribution < -0.4 is 0 Å². The first-order valence-corrected chi connectivity index (χ1v) is 8.71. The number of hydrogen-bond acceptors (Lipinski definition) is 2. The van der Waals surface area contributed by atoms with Gasteiger partial charge >= 0.3 is 0 Å². The van der Waals surface area contributed by atoms with Crippen LogP contribution in [0.15, 0.2) is 29.7 Å². The summed E-state index contributed by atoms with van der Waals surface area (Å²) in [6.45, 7) is 7.25. The molecule has 1 aromatic carbocycles. The molecule has 0 aliphatic heterocycles. The minimum absolute atomic E-state index is 0.0249. The van der Waals surface area contributed by atoms with E-state index in [0.29, 0.717) is 17.7 Å². The van der Waals surface area contributed by atoms with E-state index in [1.807, 2.05) is 0 Å². The minimum atomic E-state index is -3.63. The predicted octanol–water partition coefficient (Wildman–Crippen LogP) is 3.56. The lowest BCUT2D eigenvalue weighted by molar-refractivity contribution is 0.347. The van der Waals surface area contributed by atoms with E-state index in [9.17, 15) is 12.8 Å². The molecule has 1 aromatic rings. The van der Waals surface area contributed by atoms with Gasteiger partial charge in [-0.3, -0.25) is 0 Å². The Morgan fingerprint density at radius 1 is 1.29 bits per heavy atom. The molecule has 0 radical (unpaired) electrons. The van der Waals surface area contributed by atoms with Gasteiger partial charge in [0.2, 0.25) is 10.0 Å². The third-order valence-electron chi connectivity index (χ3n) is 4.03. The van der Waals surface area contributed by atoms with Gasteiger partial charge in [0.15, 0.2) is 0 Å². The Balaban J connectivity index is 2.50. The molecule has 0 amide bonds. The molecule has 0 atom stereocenters. The molecule has 21 heavy (non-hydrogen) atoms. The summed E-state index contributed by atoms with van der Waals surface area (Å²) in [5.74, 6) is -0.403. The van der Waals surface area contributed by atoms with Gasteiger partial charge in [-0.15, -0.1) is 6.58 Å². The van der Waals surface area contributed by atoms with Gasteiger partial charge in [0.25, 0.3) is 0 Å². The molecule has 1 aliphatic rings. The molecule has 1 aliphatic carbocycles. The fourth-order valence-corrected chi connectivity index (χ4v) is 5.26. The van der Waals surface area contributed by atoms with Crippen LogP contribution in [0.25, 0.3) is 0 Å². The zero-order valence-electron chi connectivity index (χ0n) is 12.6. The van der Waals surface area contributed by atoms with E-state index < -0.39 is 15.8 Å². The summed E-state index contributed by atoms with van der Waals surface area (Å²) in [6.07, 6.45) is 5.48. The van der Waals surface area contributed by atoms with Crippen molar-refractivity contribution in [1.82, 2.24) is 4.31 Å². The van der Waals surface area contributed by atoms with Crippen LogP contribution >= 0.6 is 0 Å². The quantitative estimate of drug-likeness (QED) is 0.780. The fraction of sp³-hybridized carbons (Fsp3) is 0.500. The maximum atomic E-state index is 13.4. The summed E-state index contributed by atoms with van der Waals surface area (Å²) in [5.41, 5.74) is 0.916. The number of halogens is 1. The second-order valence-electron chi connectivity index (χ2n) is 5.67. The molecule has 116 valence electrons. The van der Waals surface area contributed by atoms with E-state index >= 15 is 0 Å². The standard InChI is InChI=1S/C16H22FNO2S/c1-4-9-18(15-7-5-6-8-15)21(19,20)16-12(2)10-14(17)11-13(16)3/h4,10-11,15H,1,5-9H2,2-3H3. The number of benzene rings is 1. The highest BCUT2D eigenvalue weighted by Gasteiger charge is 2.34. The van der Waals surface area contributed by atoms with Gasteiger partial charge in [-0.2, -0.15) is 4.31 Å². The molecular weight excluding hydrogens is 289 g/mol. The van der Waals surface area contributed by atoms with Crippen molar-refractivity contribution in [2.24, 2.45) is 0 Å². The lowest BCUT2D eigenvalue weighted by Crippen LogP contribution is -2.39. The van der Waals surface area contributed by atoms with Gasteiger partial charge < -0.3 is 0 Å². The highest BCUT2D eigenvalue weighted by atomic mass is 32.2. The Labute approximate surface area is 126 Å². The summed E-state index contributed by atoms with van der Waals surface area (Å²) >= 11 is 0. The van der Waals surface area contributed by atoms with Crippen LogP contribution in [0, 0.1) is 19.7 Å². The van der Waals surface area contributed by atoms with Crippen molar-refractivity contribution in [3.63, 3.8) is 0 Å². The van der Waals surface area contributed by atoms with E-state index in [-0.39, 0.29) is 10.9 Å². The monoisotopic (exact) mass is 311 g/mol. The molecule has 0 spiro atoms. The first kappa shape index (κ1) is 16.2. The van der Waals surface area contributed by atoms with E-state index in [1.165, 1.54) is 16.4 Å². The number of hydrogen-bond donors (Lipinski definition) is 0. The smallest absolute Gasteiger partial charge is 0.207 e. The van der Waals surface area contributed by atoms with Crippen molar-refractivity contribution >= 4 is 10.0 Å². The normalized spacial score (nSPS) is 16.6. The zero-order chi connectivity index (χ0) is 15.6. The second kappa shape index (κ2) is 6.28. The lowest BCUT2D eigenvalue weighted by atomic mass is 10.1. The number of aryl methyl sites for hydroxylation is 2. The molecule has 2 rings (SSSR count). The SMILES string of the molecule is C=CCN(C1CCCC1)S(=O)(=O)c1c(C)cc(F)cc1C.